The molecule has 0 saturated heterocycles. The number of benzene rings is 1. The molecule has 0 bridgehead atoms. The molecule has 0 amide bonds. The van der Waals surface area contributed by atoms with Crippen molar-refractivity contribution in [2.45, 2.75) is 6.18 Å². The van der Waals surface area contributed by atoms with E-state index in [-0.39, 0.29) is 16.0 Å². The number of aromatic nitrogens is 2. The second-order valence-corrected chi connectivity index (χ2v) is 4.30. The number of nitrogens with two attached hydrogens (primary N) is 1. The number of hydrogen-bond donors (Lipinski definition) is 1. The van der Waals surface area contributed by atoms with Crippen molar-refractivity contribution in [2.24, 2.45) is 0 Å². The molecule has 0 atom stereocenters. The predicted molar refractivity (Wildman–Crippen MR) is 60.8 cm³/mol. The zero-order chi connectivity index (χ0) is 13.3. The molecule has 96 valence electrons. The lowest BCUT2D eigenvalue weighted by Crippen LogP contribution is -2.06. The van der Waals surface area contributed by atoms with Crippen LogP contribution in [0.3, 0.4) is 0 Å². The summed E-state index contributed by atoms with van der Waals surface area (Å²) in [6.07, 6.45) is -4.60. The second kappa shape index (κ2) is 4.62. The first-order chi connectivity index (χ1) is 8.36. The summed E-state index contributed by atoms with van der Waals surface area (Å²) in [5, 5.41) is -0.0391. The van der Waals surface area contributed by atoms with Crippen LogP contribution in [-0.2, 0) is 6.18 Å². The molecule has 18 heavy (non-hydrogen) atoms. The van der Waals surface area contributed by atoms with Gasteiger partial charge in [0.15, 0.2) is 5.75 Å². The molecule has 2 rings (SSSR count). The van der Waals surface area contributed by atoms with Gasteiger partial charge in [-0.1, -0.05) is 11.6 Å². The van der Waals surface area contributed by atoms with Crippen LogP contribution in [0.25, 0.3) is 0 Å². The van der Waals surface area contributed by atoms with Crippen molar-refractivity contribution in [2.75, 3.05) is 5.73 Å². The highest BCUT2D eigenvalue weighted by Gasteiger charge is 2.36. The highest BCUT2D eigenvalue weighted by molar-refractivity contribution is 7.07. The average molecular weight is 296 g/mol. The van der Waals surface area contributed by atoms with Gasteiger partial charge in [0, 0.05) is 23.3 Å². The summed E-state index contributed by atoms with van der Waals surface area (Å²) in [7, 11) is 0. The Morgan fingerprint density at radius 1 is 1.33 bits per heavy atom. The van der Waals surface area contributed by atoms with Crippen LogP contribution in [-0.4, -0.2) is 9.36 Å². The van der Waals surface area contributed by atoms with E-state index in [2.05, 4.69) is 9.36 Å². The van der Waals surface area contributed by atoms with Crippen molar-refractivity contribution < 1.29 is 17.9 Å². The van der Waals surface area contributed by atoms with Gasteiger partial charge in [0.1, 0.15) is 0 Å². The third-order valence-corrected chi connectivity index (χ3v) is 2.72. The molecule has 0 fully saturated rings. The van der Waals surface area contributed by atoms with Crippen molar-refractivity contribution in [3.05, 3.63) is 29.0 Å². The SMILES string of the molecule is Nc1ccc(Cl)c(Oc2nc(C(F)(F)F)ns2)c1. The zero-order valence-electron chi connectivity index (χ0n) is 8.53. The number of nitrogen functional groups attached to an aromatic ring is 1. The van der Waals surface area contributed by atoms with Gasteiger partial charge in [-0.25, -0.2) is 0 Å². The standard InChI is InChI=1S/C9H5ClF3N3OS/c10-5-2-1-4(14)3-6(5)17-8-15-7(16-18-8)9(11,12)13/h1-3H,14H2. The molecule has 4 nitrogen and oxygen atoms in total. The van der Waals surface area contributed by atoms with E-state index in [1.54, 1.807) is 0 Å². The zero-order valence-corrected chi connectivity index (χ0v) is 10.1. The first-order valence-electron chi connectivity index (χ1n) is 4.50. The summed E-state index contributed by atoms with van der Waals surface area (Å²) in [4.78, 5) is 3.21. The highest BCUT2D eigenvalue weighted by atomic mass is 35.5. The topological polar surface area (TPSA) is 61.0 Å². The first-order valence-corrected chi connectivity index (χ1v) is 5.65. The van der Waals surface area contributed by atoms with Crippen molar-refractivity contribution in [1.82, 2.24) is 9.36 Å². The molecule has 2 N–H and O–H groups in total. The Balaban J connectivity index is 2.24. The minimum Gasteiger partial charge on any atom is -0.428 e. The Bertz CT molecular complexity index is 572. The van der Waals surface area contributed by atoms with Crippen LogP contribution < -0.4 is 10.5 Å². The summed E-state index contributed by atoms with van der Waals surface area (Å²) < 4.78 is 45.0. The summed E-state index contributed by atoms with van der Waals surface area (Å²) >= 11 is 6.28. The third kappa shape index (κ3) is 2.82. The van der Waals surface area contributed by atoms with Crippen LogP contribution in [0.15, 0.2) is 18.2 Å². The Morgan fingerprint density at radius 3 is 2.67 bits per heavy atom. The van der Waals surface area contributed by atoms with E-state index < -0.39 is 12.0 Å². The van der Waals surface area contributed by atoms with Gasteiger partial charge in [0.2, 0.25) is 0 Å². The quantitative estimate of drug-likeness (QED) is 0.860. The summed E-state index contributed by atoms with van der Waals surface area (Å²) in [6, 6.07) is 4.39. The van der Waals surface area contributed by atoms with E-state index in [0.717, 1.165) is 0 Å². The van der Waals surface area contributed by atoms with Crippen molar-refractivity contribution >= 4 is 28.8 Å². The van der Waals surface area contributed by atoms with Gasteiger partial charge in [0.05, 0.1) is 5.02 Å². The average Bonchev–Trinajstić information content (AvgIpc) is 2.71. The fraction of sp³-hybridized carbons (Fsp3) is 0.111. The van der Waals surface area contributed by atoms with Gasteiger partial charge in [-0.3, -0.25) is 0 Å². The highest BCUT2D eigenvalue weighted by Crippen LogP contribution is 2.34. The lowest BCUT2D eigenvalue weighted by Gasteiger charge is -2.04. The maximum atomic E-state index is 12.3. The molecule has 0 aliphatic heterocycles. The van der Waals surface area contributed by atoms with E-state index in [1.165, 1.54) is 18.2 Å². The van der Waals surface area contributed by atoms with E-state index >= 15 is 0 Å². The Morgan fingerprint density at radius 2 is 2.06 bits per heavy atom. The number of nitrogens with zero attached hydrogens (tertiary/aromatic N) is 2. The Hall–Kier alpha value is -1.54. The smallest absolute Gasteiger partial charge is 0.428 e. The fourth-order valence-electron chi connectivity index (χ4n) is 1.06. The minimum atomic E-state index is -4.60. The van der Waals surface area contributed by atoms with E-state index in [9.17, 15) is 13.2 Å². The van der Waals surface area contributed by atoms with E-state index in [1.807, 2.05) is 0 Å². The molecule has 1 aromatic heterocycles. The molecule has 0 radical (unpaired) electrons. The fourth-order valence-corrected chi connectivity index (χ4v) is 1.78. The molecule has 1 aromatic carbocycles. The van der Waals surface area contributed by atoms with E-state index in [4.69, 9.17) is 22.1 Å². The number of halogens is 4. The predicted octanol–water partition coefficient (Wildman–Crippen LogP) is 3.58. The maximum Gasteiger partial charge on any atom is 0.452 e. The van der Waals surface area contributed by atoms with Gasteiger partial charge in [-0.15, -0.1) is 0 Å². The number of hydrogen-bond acceptors (Lipinski definition) is 5. The van der Waals surface area contributed by atoms with Gasteiger partial charge in [-0.2, -0.15) is 22.5 Å². The number of ether oxygens (including phenoxy) is 1. The van der Waals surface area contributed by atoms with Crippen molar-refractivity contribution in [3.63, 3.8) is 0 Å². The Labute approximate surface area is 108 Å². The molecular formula is C9H5ClF3N3OS. The van der Waals surface area contributed by atoms with Crippen molar-refractivity contribution in [1.29, 1.82) is 0 Å². The molecule has 2 aromatic rings. The largest absolute Gasteiger partial charge is 0.452 e. The lowest BCUT2D eigenvalue weighted by atomic mass is 10.3. The monoisotopic (exact) mass is 295 g/mol. The molecular weight excluding hydrogens is 291 g/mol. The molecule has 1 heterocycles. The van der Waals surface area contributed by atoms with Gasteiger partial charge >= 0.3 is 6.18 Å². The van der Waals surface area contributed by atoms with Crippen LogP contribution in [0.2, 0.25) is 5.02 Å². The molecule has 0 spiro atoms. The van der Waals surface area contributed by atoms with Crippen LogP contribution in [0.5, 0.6) is 10.9 Å². The van der Waals surface area contributed by atoms with Gasteiger partial charge in [0.25, 0.3) is 11.0 Å². The molecule has 0 saturated carbocycles. The number of anilines is 1. The lowest BCUT2D eigenvalue weighted by molar-refractivity contribution is -0.144. The third-order valence-electron chi connectivity index (χ3n) is 1.81. The normalized spacial score (nSPS) is 11.6. The maximum absolute atomic E-state index is 12.3. The van der Waals surface area contributed by atoms with Crippen molar-refractivity contribution in [3.8, 4) is 10.9 Å². The summed E-state index contributed by atoms with van der Waals surface area (Å²) in [5.74, 6) is -1.12. The molecule has 9 heteroatoms. The molecule has 0 aliphatic rings. The summed E-state index contributed by atoms with van der Waals surface area (Å²) in [5.41, 5.74) is 5.87. The van der Waals surface area contributed by atoms with Gasteiger partial charge < -0.3 is 10.5 Å². The van der Waals surface area contributed by atoms with Crippen LogP contribution in [0.1, 0.15) is 5.82 Å². The summed E-state index contributed by atoms with van der Waals surface area (Å²) in [6.45, 7) is 0. The molecule has 0 unspecified atom stereocenters. The van der Waals surface area contributed by atoms with Crippen LogP contribution in [0.4, 0.5) is 18.9 Å². The first kappa shape index (κ1) is 12.9. The number of rotatable bonds is 2. The number of alkyl halides is 3. The minimum absolute atomic E-state index is 0.126. The van der Waals surface area contributed by atoms with Crippen LogP contribution in [0, 0.1) is 0 Å². The van der Waals surface area contributed by atoms with Crippen LogP contribution >= 0.6 is 23.1 Å². The van der Waals surface area contributed by atoms with Gasteiger partial charge in [-0.05, 0) is 12.1 Å². The Kier molecular flexibility index (Phi) is 3.31. The molecule has 0 aliphatic carbocycles. The van der Waals surface area contributed by atoms with E-state index in [0.29, 0.717) is 17.2 Å². The second-order valence-electron chi connectivity index (χ2n) is 3.17.